The zero-order valence-corrected chi connectivity index (χ0v) is 22.1. The molecule has 0 aromatic heterocycles. The van der Waals surface area contributed by atoms with Crippen molar-refractivity contribution in [1.82, 2.24) is 14.5 Å². The average Bonchev–Trinajstić information content (AvgIpc) is 2.84. The summed E-state index contributed by atoms with van der Waals surface area (Å²) in [6.07, 6.45) is 5.21. The molecule has 2 aromatic carbocycles. The van der Waals surface area contributed by atoms with E-state index in [1.54, 1.807) is 6.92 Å². The molecule has 1 fully saturated rings. The summed E-state index contributed by atoms with van der Waals surface area (Å²) in [6, 6.07) is 12.9. The van der Waals surface area contributed by atoms with Crippen LogP contribution in [0.25, 0.3) is 0 Å². The van der Waals surface area contributed by atoms with Gasteiger partial charge in [-0.1, -0.05) is 60.7 Å². The molecule has 7 nitrogen and oxygen atoms in total. The predicted octanol–water partition coefficient (Wildman–Crippen LogP) is 4.14. The fourth-order valence-corrected chi connectivity index (χ4v) is 5.44. The Morgan fingerprint density at radius 2 is 1.63 bits per heavy atom. The van der Waals surface area contributed by atoms with Crippen LogP contribution in [0.1, 0.15) is 50.2 Å². The first kappa shape index (κ1) is 27.2. The molecule has 35 heavy (non-hydrogen) atoms. The zero-order chi connectivity index (χ0) is 25.6. The summed E-state index contributed by atoms with van der Waals surface area (Å²) >= 11 is 5.88. The van der Waals surface area contributed by atoms with Crippen molar-refractivity contribution in [3.05, 3.63) is 64.7 Å². The number of amides is 2. The van der Waals surface area contributed by atoms with E-state index >= 15 is 0 Å². The third kappa shape index (κ3) is 7.29. The van der Waals surface area contributed by atoms with Crippen molar-refractivity contribution in [2.24, 2.45) is 0 Å². The van der Waals surface area contributed by atoms with Gasteiger partial charge in [0.1, 0.15) is 6.04 Å². The van der Waals surface area contributed by atoms with Gasteiger partial charge in [-0.05, 0) is 56.5 Å². The third-order valence-corrected chi connectivity index (χ3v) is 8.54. The molecule has 0 heterocycles. The molecule has 0 aliphatic heterocycles. The predicted molar refractivity (Wildman–Crippen MR) is 137 cm³/mol. The number of hydrogen-bond acceptors (Lipinski definition) is 4. The Bertz CT molecular complexity index is 1110. The minimum atomic E-state index is -3.90. The molecule has 9 heteroatoms. The average molecular weight is 520 g/mol. The molecule has 0 saturated heterocycles. The Hall–Kier alpha value is -2.42. The topological polar surface area (TPSA) is 86.8 Å². The van der Waals surface area contributed by atoms with Crippen LogP contribution in [0.4, 0.5) is 0 Å². The largest absolute Gasteiger partial charge is 0.352 e. The molecule has 1 aliphatic rings. The number of hydrogen-bond donors (Lipinski definition) is 1. The fourth-order valence-electron chi connectivity index (χ4n) is 4.19. The number of halogens is 1. The van der Waals surface area contributed by atoms with E-state index in [9.17, 15) is 18.0 Å². The molecule has 0 radical (unpaired) electrons. The minimum absolute atomic E-state index is 0.0466. The Morgan fingerprint density at radius 1 is 1.03 bits per heavy atom. The van der Waals surface area contributed by atoms with Crippen LogP contribution in [-0.4, -0.2) is 55.1 Å². The van der Waals surface area contributed by atoms with Gasteiger partial charge in [0.25, 0.3) is 0 Å². The van der Waals surface area contributed by atoms with Crippen LogP contribution in [-0.2, 0) is 26.2 Å². The second-order valence-corrected chi connectivity index (χ2v) is 11.7. The number of carbonyl (C=O) groups is 2. The molecular formula is C26H34ClN3O4S. The summed E-state index contributed by atoms with van der Waals surface area (Å²) in [7, 11) is -2.55. The first-order chi connectivity index (χ1) is 16.6. The normalized spacial score (nSPS) is 15.6. The molecule has 1 unspecified atom stereocenters. The van der Waals surface area contributed by atoms with Crippen molar-refractivity contribution in [3.63, 3.8) is 0 Å². The molecule has 2 amide bonds. The highest BCUT2D eigenvalue weighted by Crippen LogP contribution is 2.20. The Labute approximate surface area is 213 Å². The number of rotatable bonds is 9. The lowest BCUT2D eigenvalue weighted by Gasteiger charge is -2.32. The maximum absolute atomic E-state index is 13.4. The lowest BCUT2D eigenvalue weighted by Crippen LogP contribution is -2.52. The van der Waals surface area contributed by atoms with Gasteiger partial charge in [0.15, 0.2) is 0 Å². The molecule has 190 valence electrons. The monoisotopic (exact) mass is 519 g/mol. The number of benzene rings is 2. The number of sulfonamides is 1. The Morgan fingerprint density at radius 3 is 2.23 bits per heavy atom. The minimum Gasteiger partial charge on any atom is -0.352 e. The van der Waals surface area contributed by atoms with E-state index in [4.69, 9.17) is 11.6 Å². The molecule has 0 bridgehead atoms. The summed E-state index contributed by atoms with van der Waals surface area (Å²) in [4.78, 5) is 28.0. The van der Waals surface area contributed by atoms with E-state index in [1.807, 2.05) is 31.2 Å². The number of aryl methyl sites for hydroxylation is 1. The van der Waals surface area contributed by atoms with E-state index in [0.717, 1.165) is 41.1 Å². The quantitative estimate of drug-likeness (QED) is 0.539. The van der Waals surface area contributed by atoms with Gasteiger partial charge < -0.3 is 10.2 Å². The zero-order valence-electron chi connectivity index (χ0n) is 20.5. The maximum Gasteiger partial charge on any atom is 0.243 e. The lowest BCUT2D eigenvalue weighted by atomic mass is 9.95. The van der Waals surface area contributed by atoms with Crippen molar-refractivity contribution in [3.8, 4) is 0 Å². The van der Waals surface area contributed by atoms with Gasteiger partial charge in [-0.25, -0.2) is 8.42 Å². The van der Waals surface area contributed by atoms with Crippen molar-refractivity contribution >= 4 is 33.4 Å². The summed E-state index contributed by atoms with van der Waals surface area (Å²) in [5.74, 6) is -0.669. The summed E-state index contributed by atoms with van der Waals surface area (Å²) in [6.45, 7) is 3.48. The van der Waals surface area contributed by atoms with E-state index in [0.29, 0.717) is 5.02 Å². The number of nitrogens with zero attached hydrogens (tertiary/aromatic N) is 2. The number of carbonyl (C=O) groups excluding carboxylic acids is 2. The highest BCUT2D eigenvalue weighted by Gasteiger charge is 2.31. The molecule has 1 saturated carbocycles. The van der Waals surface area contributed by atoms with Crippen molar-refractivity contribution < 1.29 is 18.0 Å². The molecule has 1 N–H and O–H groups in total. The highest BCUT2D eigenvalue weighted by molar-refractivity contribution is 7.89. The van der Waals surface area contributed by atoms with Crippen LogP contribution in [0.2, 0.25) is 5.02 Å². The molecule has 0 spiro atoms. The second-order valence-electron chi connectivity index (χ2n) is 9.24. The third-order valence-electron chi connectivity index (χ3n) is 6.47. The molecular weight excluding hydrogens is 486 g/mol. The van der Waals surface area contributed by atoms with Crippen LogP contribution in [0.15, 0.2) is 53.4 Å². The lowest BCUT2D eigenvalue weighted by molar-refractivity contribution is -0.141. The number of likely N-dealkylation sites (N-methyl/N-ethyl adjacent to an activating group) is 1. The molecule has 2 aromatic rings. The second kappa shape index (κ2) is 12.0. The van der Waals surface area contributed by atoms with E-state index in [2.05, 4.69) is 5.32 Å². The number of nitrogens with one attached hydrogen (secondary N) is 1. The smallest absolute Gasteiger partial charge is 0.243 e. The summed E-state index contributed by atoms with van der Waals surface area (Å²) < 4.78 is 27.0. The molecule has 3 rings (SSSR count). The van der Waals surface area contributed by atoms with E-state index in [1.165, 1.54) is 42.6 Å². The SMILES string of the molecule is Cc1ccc(CN(C(=O)CN(C)S(=O)(=O)c2ccc(Cl)cc2)C(C)C(=O)NC2CCCCC2)cc1. The first-order valence-electron chi connectivity index (χ1n) is 11.9. The van der Waals surface area contributed by atoms with E-state index < -0.39 is 28.5 Å². The molecule has 1 atom stereocenters. The van der Waals surface area contributed by atoms with Crippen LogP contribution >= 0.6 is 11.6 Å². The van der Waals surface area contributed by atoms with Gasteiger partial charge in [-0.2, -0.15) is 4.31 Å². The van der Waals surface area contributed by atoms with Crippen LogP contribution in [0.3, 0.4) is 0 Å². The first-order valence-corrected chi connectivity index (χ1v) is 13.8. The van der Waals surface area contributed by atoms with Crippen molar-refractivity contribution in [2.45, 2.75) is 69.5 Å². The van der Waals surface area contributed by atoms with Gasteiger partial charge in [0.2, 0.25) is 21.8 Å². The van der Waals surface area contributed by atoms with Crippen molar-refractivity contribution in [2.75, 3.05) is 13.6 Å². The van der Waals surface area contributed by atoms with Gasteiger partial charge in [0, 0.05) is 24.7 Å². The van der Waals surface area contributed by atoms with E-state index in [-0.39, 0.29) is 23.4 Å². The standard InChI is InChI=1S/C26H34ClN3O4S/c1-19-9-11-21(12-10-19)17-30(20(2)26(32)28-23-7-5-4-6-8-23)25(31)18-29(3)35(33,34)24-15-13-22(27)14-16-24/h9-16,20,23H,4-8,17-18H2,1-3H3,(H,28,32). The maximum atomic E-state index is 13.4. The van der Waals surface area contributed by atoms with Crippen LogP contribution in [0, 0.1) is 6.92 Å². The fraction of sp³-hybridized carbons (Fsp3) is 0.462. The van der Waals surface area contributed by atoms with Gasteiger partial charge in [0.05, 0.1) is 11.4 Å². The molecule has 1 aliphatic carbocycles. The van der Waals surface area contributed by atoms with Crippen LogP contribution < -0.4 is 5.32 Å². The van der Waals surface area contributed by atoms with Crippen LogP contribution in [0.5, 0.6) is 0 Å². The van der Waals surface area contributed by atoms with Crippen molar-refractivity contribution in [1.29, 1.82) is 0 Å². The highest BCUT2D eigenvalue weighted by atomic mass is 35.5. The Kier molecular flexibility index (Phi) is 9.33. The van der Waals surface area contributed by atoms with Gasteiger partial charge in [-0.3, -0.25) is 9.59 Å². The Balaban J connectivity index is 1.78. The van der Waals surface area contributed by atoms with Gasteiger partial charge in [-0.15, -0.1) is 0 Å². The summed E-state index contributed by atoms with van der Waals surface area (Å²) in [5, 5.41) is 3.51. The van der Waals surface area contributed by atoms with Gasteiger partial charge >= 0.3 is 0 Å². The summed E-state index contributed by atoms with van der Waals surface area (Å²) in [5.41, 5.74) is 1.95.